The van der Waals surface area contributed by atoms with Crippen molar-refractivity contribution in [1.82, 2.24) is 4.72 Å². The molecule has 102 valence electrons. The van der Waals surface area contributed by atoms with Crippen LogP contribution in [0.2, 0.25) is 5.02 Å². The number of nitrogens with one attached hydrogen (secondary N) is 1. The lowest BCUT2D eigenvalue weighted by atomic mass is 10.3. The van der Waals surface area contributed by atoms with Gasteiger partial charge in [0, 0.05) is 0 Å². The van der Waals surface area contributed by atoms with E-state index in [1.807, 2.05) is 0 Å². The Morgan fingerprint density at radius 2 is 2.00 bits per heavy atom. The van der Waals surface area contributed by atoms with Gasteiger partial charge in [0.05, 0.1) is 8.81 Å². The normalized spacial score (nSPS) is 18.9. The fourth-order valence-corrected chi connectivity index (χ4v) is 5.18. The largest absolute Gasteiger partial charge is 0.407 e. The zero-order valence-corrected chi connectivity index (χ0v) is 12.5. The molecule has 0 bridgehead atoms. The predicted molar refractivity (Wildman–Crippen MR) is 65.4 cm³/mol. The molecule has 2 rings (SSSR count). The highest BCUT2D eigenvalue weighted by molar-refractivity contribution is 9.11. The number of sulfonamides is 1. The van der Waals surface area contributed by atoms with Crippen LogP contribution in [-0.2, 0) is 10.0 Å². The van der Waals surface area contributed by atoms with E-state index >= 15 is 0 Å². The molecule has 0 amide bonds. The molecule has 0 radical (unpaired) electrons. The Kier molecular flexibility index (Phi) is 3.51. The van der Waals surface area contributed by atoms with E-state index in [0.29, 0.717) is 3.79 Å². The Balaban J connectivity index is 2.29. The Labute approximate surface area is 119 Å². The van der Waals surface area contributed by atoms with Crippen molar-refractivity contribution in [2.45, 2.75) is 28.8 Å². The van der Waals surface area contributed by atoms with Crippen molar-refractivity contribution in [3.8, 4) is 0 Å². The van der Waals surface area contributed by atoms with E-state index in [0.717, 1.165) is 17.4 Å². The first kappa shape index (κ1) is 14.6. The van der Waals surface area contributed by atoms with Crippen LogP contribution in [0.1, 0.15) is 12.8 Å². The molecule has 0 aromatic carbocycles. The maximum absolute atomic E-state index is 12.7. The molecule has 18 heavy (non-hydrogen) atoms. The molecule has 1 aromatic heterocycles. The first-order chi connectivity index (χ1) is 8.07. The van der Waals surface area contributed by atoms with Crippen molar-refractivity contribution in [2.24, 2.45) is 0 Å². The van der Waals surface area contributed by atoms with E-state index in [2.05, 4.69) is 15.9 Å². The molecule has 0 saturated heterocycles. The molecule has 0 unspecified atom stereocenters. The lowest BCUT2D eigenvalue weighted by Gasteiger charge is -2.19. The molecule has 10 heteroatoms. The summed E-state index contributed by atoms with van der Waals surface area (Å²) >= 11 is 9.44. The number of hydrogen-bond donors (Lipinski definition) is 1. The average molecular weight is 385 g/mol. The van der Waals surface area contributed by atoms with Gasteiger partial charge in [-0.2, -0.15) is 17.9 Å². The van der Waals surface area contributed by atoms with Gasteiger partial charge >= 0.3 is 6.18 Å². The van der Waals surface area contributed by atoms with Crippen LogP contribution >= 0.6 is 38.9 Å². The summed E-state index contributed by atoms with van der Waals surface area (Å²) in [6, 6.07) is 1.12. The zero-order valence-electron chi connectivity index (χ0n) is 8.51. The molecule has 1 aliphatic rings. The van der Waals surface area contributed by atoms with Crippen LogP contribution in [0.4, 0.5) is 13.2 Å². The van der Waals surface area contributed by atoms with Gasteiger partial charge in [0.15, 0.2) is 0 Å². The van der Waals surface area contributed by atoms with Crippen molar-refractivity contribution in [3.05, 3.63) is 14.9 Å². The third-order valence-corrected chi connectivity index (χ3v) is 6.99. The number of rotatable bonds is 3. The molecule has 1 N–H and O–H groups in total. The highest BCUT2D eigenvalue weighted by Gasteiger charge is 2.65. The fraction of sp³-hybridized carbons (Fsp3) is 0.500. The third-order valence-electron chi connectivity index (χ3n) is 2.51. The van der Waals surface area contributed by atoms with Gasteiger partial charge in [-0.25, -0.2) is 8.42 Å². The predicted octanol–water partition coefficient (Wildman–Crippen LogP) is 3.54. The van der Waals surface area contributed by atoms with Crippen LogP contribution < -0.4 is 4.72 Å². The van der Waals surface area contributed by atoms with Gasteiger partial charge in [-0.15, -0.1) is 11.3 Å². The van der Waals surface area contributed by atoms with Crippen LogP contribution in [0, 0.1) is 0 Å². The molecule has 0 aliphatic heterocycles. The number of alkyl halides is 3. The van der Waals surface area contributed by atoms with Crippen molar-refractivity contribution in [1.29, 1.82) is 0 Å². The minimum atomic E-state index is -4.58. The standard InChI is InChI=1S/C8H6BrClF3NO2S2/c9-6-4(10)3-5(17-6)18(15,16)14-7(1-2-7)8(11,12)13/h3,14H,1-2H2. The Morgan fingerprint density at radius 1 is 1.44 bits per heavy atom. The molecule has 1 saturated carbocycles. The Hall–Kier alpha value is 0.170. The van der Waals surface area contributed by atoms with E-state index in [1.165, 1.54) is 0 Å². The van der Waals surface area contributed by atoms with Gasteiger partial charge in [-0.05, 0) is 34.8 Å². The third kappa shape index (κ3) is 2.55. The van der Waals surface area contributed by atoms with Crippen molar-refractivity contribution < 1.29 is 21.6 Å². The average Bonchev–Trinajstić information content (AvgIpc) is 2.88. The van der Waals surface area contributed by atoms with Gasteiger partial charge in [-0.3, -0.25) is 0 Å². The summed E-state index contributed by atoms with van der Waals surface area (Å²) in [7, 11) is -4.21. The summed E-state index contributed by atoms with van der Waals surface area (Å²) in [6.07, 6.45) is -5.07. The molecule has 0 atom stereocenters. The highest BCUT2D eigenvalue weighted by atomic mass is 79.9. The molecule has 0 spiro atoms. The van der Waals surface area contributed by atoms with Crippen molar-refractivity contribution in [3.63, 3.8) is 0 Å². The molecular formula is C8H6BrClF3NO2S2. The first-order valence-corrected chi connectivity index (χ1v) is 8.10. The van der Waals surface area contributed by atoms with E-state index in [1.54, 1.807) is 4.72 Å². The highest BCUT2D eigenvalue weighted by Crippen LogP contribution is 2.50. The molecule has 1 aromatic rings. The van der Waals surface area contributed by atoms with E-state index in [-0.39, 0.29) is 22.1 Å². The van der Waals surface area contributed by atoms with Crippen molar-refractivity contribution in [2.75, 3.05) is 0 Å². The quantitative estimate of drug-likeness (QED) is 0.866. The molecule has 3 nitrogen and oxygen atoms in total. The number of thiophene rings is 1. The maximum atomic E-state index is 12.7. The summed E-state index contributed by atoms with van der Waals surface area (Å²) in [5, 5.41) is 0.150. The van der Waals surface area contributed by atoms with Gasteiger partial charge in [0.25, 0.3) is 10.0 Å². The van der Waals surface area contributed by atoms with E-state index in [9.17, 15) is 21.6 Å². The lowest BCUT2D eigenvalue weighted by molar-refractivity contribution is -0.160. The van der Waals surface area contributed by atoms with Gasteiger partial charge in [-0.1, -0.05) is 11.6 Å². The van der Waals surface area contributed by atoms with E-state index < -0.39 is 21.7 Å². The van der Waals surface area contributed by atoms with Crippen LogP contribution in [0.5, 0.6) is 0 Å². The van der Waals surface area contributed by atoms with Crippen LogP contribution in [-0.4, -0.2) is 20.1 Å². The summed E-state index contributed by atoms with van der Waals surface area (Å²) in [5.41, 5.74) is -2.31. The topological polar surface area (TPSA) is 46.2 Å². The molecule has 1 aliphatic carbocycles. The number of hydrogen-bond acceptors (Lipinski definition) is 3. The SMILES string of the molecule is O=S(=O)(NC1(C(F)(F)F)CC1)c1cc(Cl)c(Br)s1. The minimum Gasteiger partial charge on any atom is -0.206 e. The summed E-state index contributed by atoms with van der Waals surface area (Å²) in [6.45, 7) is 0. The van der Waals surface area contributed by atoms with E-state index in [4.69, 9.17) is 11.6 Å². The van der Waals surface area contributed by atoms with Crippen LogP contribution in [0.3, 0.4) is 0 Å². The molecule has 1 fully saturated rings. The van der Waals surface area contributed by atoms with Gasteiger partial charge in [0.2, 0.25) is 0 Å². The summed E-state index contributed by atoms with van der Waals surface area (Å²) in [4.78, 5) is 0. The smallest absolute Gasteiger partial charge is 0.206 e. The summed E-state index contributed by atoms with van der Waals surface area (Å²) in [5.74, 6) is 0. The minimum absolute atomic E-state index is 0.150. The first-order valence-electron chi connectivity index (χ1n) is 4.63. The lowest BCUT2D eigenvalue weighted by Crippen LogP contribution is -2.47. The van der Waals surface area contributed by atoms with Crippen LogP contribution in [0.25, 0.3) is 0 Å². The number of halogens is 5. The fourth-order valence-electron chi connectivity index (χ4n) is 1.34. The maximum Gasteiger partial charge on any atom is 0.407 e. The second kappa shape index (κ2) is 4.34. The zero-order chi connectivity index (χ0) is 13.8. The monoisotopic (exact) mass is 383 g/mol. The Bertz CT molecular complexity index is 560. The van der Waals surface area contributed by atoms with Crippen LogP contribution in [0.15, 0.2) is 14.1 Å². The van der Waals surface area contributed by atoms with Gasteiger partial charge < -0.3 is 0 Å². The summed E-state index contributed by atoms with van der Waals surface area (Å²) < 4.78 is 63.5. The molecular weight excluding hydrogens is 379 g/mol. The second-order valence-electron chi connectivity index (χ2n) is 3.87. The van der Waals surface area contributed by atoms with Gasteiger partial charge in [0.1, 0.15) is 9.75 Å². The molecule has 1 heterocycles. The second-order valence-corrected chi connectivity index (χ2v) is 8.56. The Morgan fingerprint density at radius 3 is 2.33 bits per heavy atom. The van der Waals surface area contributed by atoms with Crippen molar-refractivity contribution >= 4 is 48.9 Å².